The zero-order valence-electron chi connectivity index (χ0n) is 49.8. The van der Waals surface area contributed by atoms with Gasteiger partial charge in [-0.2, -0.15) is 0 Å². The first-order chi connectivity index (χ1) is 38.4. The molecule has 0 radical (unpaired) electrons. The Balaban J connectivity index is 4.10. The highest BCUT2D eigenvalue weighted by molar-refractivity contribution is 5.88. The molecule has 0 aromatic carbocycles. The molecule has 0 saturated carbocycles. The Morgan fingerprint density at radius 3 is 0.810 bits per heavy atom. The Bertz CT molecular complexity index is 1530. The SMILES string of the molecule is NCCCCC(N)C(=O)NCCCCCCCCCCCC(=O)NC(CCCCN)C(=O)NCCCCCCCCCCCC(=O)NC(CCCCN)C(=O)NCCCCCCCCCCCC(=O)NC(CCCCN)C(N)=O. The second kappa shape index (κ2) is 56.0. The lowest BCUT2D eigenvalue weighted by atomic mass is 10.0. The van der Waals surface area contributed by atoms with E-state index < -0.39 is 30.1 Å². The van der Waals surface area contributed by atoms with Crippen LogP contribution in [0.1, 0.15) is 270 Å². The van der Waals surface area contributed by atoms with Gasteiger partial charge in [-0.25, -0.2) is 0 Å². The molecular weight excluding hydrogens is 1000 g/mol. The number of rotatable bonds is 59. The molecule has 0 saturated heterocycles. The van der Waals surface area contributed by atoms with Crippen LogP contribution in [0.5, 0.6) is 0 Å². The number of unbranched alkanes of at least 4 members (excludes halogenated alkanes) is 28. The van der Waals surface area contributed by atoms with E-state index >= 15 is 0 Å². The lowest BCUT2D eigenvalue weighted by molar-refractivity contribution is -0.129. The molecule has 0 rings (SSSR count). The molecule has 79 heavy (non-hydrogen) atoms. The van der Waals surface area contributed by atoms with Gasteiger partial charge in [0.25, 0.3) is 0 Å². The molecule has 0 fully saturated rings. The molecular formula is C60H120N12O7. The van der Waals surface area contributed by atoms with Gasteiger partial charge in [0, 0.05) is 38.9 Å². The van der Waals surface area contributed by atoms with Crippen molar-refractivity contribution in [3.8, 4) is 0 Å². The first-order valence-electron chi connectivity index (χ1n) is 32.0. The van der Waals surface area contributed by atoms with E-state index in [2.05, 4.69) is 31.9 Å². The highest BCUT2D eigenvalue weighted by Gasteiger charge is 2.22. The zero-order chi connectivity index (χ0) is 58.2. The third-order valence-electron chi connectivity index (χ3n) is 14.8. The van der Waals surface area contributed by atoms with E-state index in [1.165, 1.54) is 12.8 Å². The summed E-state index contributed by atoms with van der Waals surface area (Å²) >= 11 is 0. The molecule has 462 valence electrons. The number of amides is 7. The summed E-state index contributed by atoms with van der Waals surface area (Å²) in [7, 11) is 0. The van der Waals surface area contributed by atoms with Crippen molar-refractivity contribution in [2.24, 2.45) is 34.4 Å². The Morgan fingerprint density at radius 2 is 0.519 bits per heavy atom. The Hall–Kier alpha value is -3.91. The van der Waals surface area contributed by atoms with Crippen LogP contribution in [-0.4, -0.2) is 111 Å². The van der Waals surface area contributed by atoms with Crippen molar-refractivity contribution in [3.05, 3.63) is 0 Å². The van der Waals surface area contributed by atoms with Crippen LogP contribution in [0.3, 0.4) is 0 Å². The molecule has 0 spiro atoms. The molecule has 0 aliphatic rings. The van der Waals surface area contributed by atoms with Gasteiger partial charge in [0.2, 0.25) is 41.4 Å². The fraction of sp³-hybridized carbons (Fsp3) is 0.883. The molecule has 18 N–H and O–H groups in total. The van der Waals surface area contributed by atoms with Crippen molar-refractivity contribution in [1.29, 1.82) is 0 Å². The van der Waals surface area contributed by atoms with Crippen LogP contribution in [0.25, 0.3) is 0 Å². The lowest BCUT2D eigenvalue weighted by Crippen LogP contribution is -2.47. The number of nitrogens with one attached hydrogen (secondary N) is 6. The molecule has 0 bridgehead atoms. The Labute approximate surface area is 479 Å². The average molecular weight is 1120 g/mol. The van der Waals surface area contributed by atoms with Crippen molar-refractivity contribution in [3.63, 3.8) is 0 Å². The van der Waals surface area contributed by atoms with Gasteiger partial charge in [-0.1, -0.05) is 141 Å². The molecule has 4 unspecified atom stereocenters. The number of carbonyl (C=O) groups excluding carboxylic acids is 7. The molecule has 0 heterocycles. The molecule has 0 aromatic rings. The summed E-state index contributed by atoms with van der Waals surface area (Å²) in [6, 6.07) is -2.14. The van der Waals surface area contributed by atoms with Gasteiger partial charge in [0.15, 0.2) is 0 Å². The molecule has 0 aliphatic heterocycles. The van der Waals surface area contributed by atoms with Gasteiger partial charge in [-0.3, -0.25) is 33.6 Å². The number of primary amides is 1. The van der Waals surface area contributed by atoms with Crippen molar-refractivity contribution >= 4 is 41.4 Å². The van der Waals surface area contributed by atoms with Crippen molar-refractivity contribution in [2.75, 3.05) is 45.8 Å². The summed E-state index contributed by atoms with van der Waals surface area (Å²) in [5.41, 5.74) is 33.8. The van der Waals surface area contributed by atoms with E-state index in [0.29, 0.717) is 90.8 Å². The Kier molecular flexibility index (Phi) is 53.2. The summed E-state index contributed by atoms with van der Waals surface area (Å²) in [5.74, 6) is -1.07. The quantitative estimate of drug-likeness (QED) is 0.0279. The fourth-order valence-electron chi connectivity index (χ4n) is 9.70. The van der Waals surface area contributed by atoms with Gasteiger partial charge in [-0.05, 0) is 135 Å². The van der Waals surface area contributed by atoms with Gasteiger partial charge in [-0.15, -0.1) is 0 Å². The van der Waals surface area contributed by atoms with Crippen LogP contribution in [-0.2, 0) is 33.6 Å². The van der Waals surface area contributed by atoms with E-state index in [-0.39, 0.29) is 35.4 Å². The third kappa shape index (κ3) is 48.5. The number of carbonyl (C=O) groups is 7. The van der Waals surface area contributed by atoms with Crippen molar-refractivity contribution in [1.82, 2.24) is 31.9 Å². The maximum absolute atomic E-state index is 13.1. The first-order valence-corrected chi connectivity index (χ1v) is 32.0. The van der Waals surface area contributed by atoms with Gasteiger partial charge in [0.1, 0.15) is 18.1 Å². The topological polar surface area (TPSA) is 348 Å². The maximum Gasteiger partial charge on any atom is 0.242 e. The maximum atomic E-state index is 13.1. The molecule has 0 aromatic heterocycles. The molecule has 19 heteroatoms. The van der Waals surface area contributed by atoms with Crippen LogP contribution in [0, 0.1) is 0 Å². The van der Waals surface area contributed by atoms with E-state index in [1.807, 2.05) is 0 Å². The summed E-state index contributed by atoms with van der Waals surface area (Å²) in [6.07, 6.45) is 38.2. The highest BCUT2D eigenvalue weighted by Crippen LogP contribution is 2.15. The smallest absolute Gasteiger partial charge is 0.242 e. The fourth-order valence-corrected chi connectivity index (χ4v) is 9.70. The number of nitrogens with two attached hydrogens (primary N) is 6. The average Bonchev–Trinajstić information content (AvgIpc) is 3.42. The van der Waals surface area contributed by atoms with Gasteiger partial charge >= 0.3 is 0 Å². The van der Waals surface area contributed by atoms with Crippen molar-refractivity contribution in [2.45, 2.75) is 294 Å². The molecule has 4 atom stereocenters. The van der Waals surface area contributed by atoms with E-state index in [0.717, 1.165) is 212 Å². The lowest BCUT2D eigenvalue weighted by Gasteiger charge is -2.18. The predicted octanol–water partition coefficient (Wildman–Crippen LogP) is 6.82. The molecule has 0 aliphatic carbocycles. The summed E-state index contributed by atoms with van der Waals surface area (Å²) in [4.78, 5) is 87.8. The predicted molar refractivity (Wildman–Crippen MR) is 322 cm³/mol. The first kappa shape index (κ1) is 75.1. The minimum Gasteiger partial charge on any atom is -0.368 e. The summed E-state index contributed by atoms with van der Waals surface area (Å²) in [5, 5.41) is 17.8. The largest absolute Gasteiger partial charge is 0.368 e. The zero-order valence-corrected chi connectivity index (χ0v) is 49.8. The second-order valence-corrected chi connectivity index (χ2v) is 22.2. The minimum absolute atomic E-state index is 0.0653. The summed E-state index contributed by atoms with van der Waals surface area (Å²) < 4.78 is 0. The minimum atomic E-state index is -0.622. The van der Waals surface area contributed by atoms with Crippen LogP contribution >= 0.6 is 0 Å². The second-order valence-electron chi connectivity index (χ2n) is 22.2. The number of hydrogen-bond acceptors (Lipinski definition) is 12. The van der Waals surface area contributed by atoms with Gasteiger partial charge in [0.05, 0.1) is 6.04 Å². The van der Waals surface area contributed by atoms with E-state index in [4.69, 9.17) is 34.4 Å². The van der Waals surface area contributed by atoms with Crippen LogP contribution in [0.15, 0.2) is 0 Å². The van der Waals surface area contributed by atoms with Gasteiger partial charge < -0.3 is 66.3 Å². The van der Waals surface area contributed by atoms with Crippen LogP contribution in [0.2, 0.25) is 0 Å². The van der Waals surface area contributed by atoms with Crippen molar-refractivity contribution < 1.29 is 33.6 Å². The Morgan fingerprint density at radius 1 is 0.278 bits per heavy atom. The van der Waals surface area contributed by atoms with E-state index in [9.17, 15) is 33.6 Å². The standard InChI is InChI=1S/C60H120N12O7/c61-43-29-25-36-50(65)58(77)67-47-33-19-13-7-1-5-11-17-23-41-55(74)71-52(38-27-31-45-63)60(79)69-49-35-21-15-9-3-6-12-18-24-42-56(75)72-53(39-28-32-46-64)59(78)68-48-34-20-14-8-2-4-10-16-22-40-54(73)70-51(57(66)76)37-26-30-44-62/h50-53H,1-49,61-65H2,(H2,66,76)(H,67,77)(H,68,78)(H,69,79)(H,70,73)(H,71,74)(H,72,75). The van der Waals surface area contributed by atoms with Crippen LogP contribution in [0.4, 0.5) is 0 Å². The van der Waals surface area contributed by atoms with E-state index in [1.54, 1.807) is 0 Å². The van der Waals surface area contributed by atoms with Crippen LogP contribution < -0.4 is 66.3 Å². The molecule has 19 nitrogen and oxygen atoms in total. The third-order valence-corrected chi connectivity index (χ3v) is 14.8. The molecule has 7 amide bonds. The highest BCUT2D eigenvalue weighted by atomic mass is 16.2. The monoisotopic (exact) mass is 1120 g/mol. The number of hydrogen-bond donors (Lipinski definition) is 12. The summed E-state index contributed by atoms with van der Waals surface area (Å²) in [6.45, 7) is 4.14. The normalized spacial score (nSPS) is 12.8.